The van der Waals surface area contributed by atoms with E-state index in [1.807, 2.05) is 84.4 Å². The van der Waals surface area contributed by atoms with Gasteiger partial charge in [-0.1, -0.05) is 47.1 Å². The molecule has 0 fully saturated rings. The molecule has 0 radical (unpaired) electrons. The van der Waals surface area contributed by atoms with Gasteiger partial charge in [0.2, 0.25) is 0 Å². The van der Waals surface area contributed by atoms with Gasteiger partial charge in [-0.15, -0.1) is 5.10 Å². The third-order valence-corrected chi connectivity index (χ3v) is 5.96. The minimum Gasteiger partial charge on any atom is -0.345 e. The molecule has 0 atom stereocenters. The first-order valence-electron chi connectivity index (χ1n) is 10.9. The molecule has 170 valence electrons. The number of halogens is 1. The topological polar surface area (TPSA) is 68.3 Å². The monoisotopic (exact) mass is 470 g/mol. The Morgan fingerprint density at radius 1 is 1.06 bits per heavy atom. The lowest BCUT2D eigenvalue weighted by Crippen LogP contribution is -2.22. The molecule has 5 rings (SSSR count). The number of benzene rings is 2. The molecule has 0 N–H and O–H groups in total. The van der Waals surface area contributed by atoms with Crippen molar-refractivity contribution in [1.29, 1.82) is 0 Å². The van der Waals surface area contributed by atoms with Crippen molar-refractivity contribution in [3.63, 3.8) is 0 Å². The summed E-state index contributed by atoms with van der Waals surface area (Å²) in [6.07, 6.45) is 3.87. The van der Waals surface area contributed by atoms with Crippen molar-refractivity contribution in [2.24, 2.45) is 0 Å². The first-order chi connectivity index (χ1) is 16.4. The van der Waals surface area contributed by atoms with Gasteiger partial charge in [-0.25, -0.2) is 9.67 Å². The lowest BCUT2D eigenvalue weighted by molar-refractivity contribution is 0.0827. The summed E-state index contributed by atoms with van der Waals surface area (Å²) in [5.74, 6) is -0.0167. The smallest absolute Gasteiger partial charge is 0.253 e. The van der Waals surface area contributed by atoms with Gasteiger partial charge in [-0.2, -0.15) is 0 Å². The number of carbonyl (C=O) groups excluding carboxylic acids is 1. The number of hydrogen-bond donors (Lipinski definition) is 0. The number of rotatable bonds is 5. The van der Waals surface area contributed by atoms with E-state index in [9.17, 15) is 4.79 Å². The summed E-state index contributed by atoms with van der Waals surface area (Å²) >= 11 is 6.10. The summed E-state index contributed by atoms with van der Waals surface area (Å²) in [4.78, 5) is 18.9. The molecule has 0 saturated carbocycles. The Morgan fingerprint density at radius 2 is 1.85 bits per heavy atom. The van der Waals surface area contributed by atoms with E-state index < -0.39 is 0 Å². The van der Waals surface area contributed by atoms with E-state index >= 15 is 0 Å². The molecule has 0 aliphatic rings. The summed E-state index contributed by atoms with van der Waals surface area (Å²) in [7, 11) is 3.51. The van der Waals surface area contributed by atoms with Crippen LogP contribution in [0.5, 0.6) is 0 Å². The predicted molar refractivity (Wildman–Crippen MR) is 133 cm³/mol. The van der Waals surface area contributed by atoms with Gasteiger partial charge in [0.1, 0.15) is 17.0 Å². The molecule has 8 heteroatoms. The van der Waals surface area contributed by atoms with Crippen LogP contribution in [0.4, 0.5) is 0 Å². The average molecular weight is 471 g/mol. The number of carbonyl (C=O) groups is 1. The zero-order valence-electron chi connectivity index (χ0n) is 19.1. The van der Waals surface area contributed by atoms with Crippen LogP contribution in [0.3, 0.4) is 0 Å². The van der Waals surface area contributed by atoms with Gasteiger partial charge in [0, 0.05) is 36.4 Å². The van der Waals surface area contributed by atoms with E-state index in [1.54, 1.807) is 23.7 Å². The zero-order chi connectivity index (χ0) is 23.8. The lowest BCUT2D eigenvalue weighted by Gasteiger charge is -2.13. The Labute approximate surface area is 202 Å². The molecular weight excluding hydrogens is 448 g/mol. The minimum absolute atomic E-state index is 0.0167. The van der Waals surface area contributed by atoms with Crippen molar-refractivity contribution in [2.75, 3.05) is 14.1 Å². The van der Waals surface area contributed by atoms with Crippen LogP contribution in [0.1, 0.15) is 21.5 Å². The molecule has 2 aromatic carbocycles. The quantitative estimate of drug-likeness (QED) is 0.363. The van der Waals surface area contributed by atoms with Crippen LogP contribution in [0.15, 0.2) is 73.1 Å². The van der Waals surface area contributed by atoms with Gasteiger partial charge in [0.15, 0.2) is 0 Å². The van der Waals surface area contributed by atoms with E-state index in [0.717, 1.165) is 33.7 Å². The molecule has 3 heterocycles. The number of pyridine rings is 1. The second-order valence-electron chi connectivity index (χ2n) is 8.39. The first kappa shape index (κ1) is 21.9. The molecule has 5 aromatic rings. The van der Waals surface area contributed by atoms with E-state index in [0.29, 0.717) is 22.8 Å². The van der Waals surface area contributed by atoms with Gasteiger partial charge in [-0.05, 0) is 48.4 Å². The summed E-state index contributed by atoms with van der Waals surface area (Å²) in [5.41, 5.74) is 6.75. The third kappa shape index (κ3) is 4.06. The van der Waals surface area contributed by atoms with Crippen LogP contribution in [0.25, 0.3) is 28.3 Å². The standard InChI is InChI=1S/C26H23ClN6O/c1-17-7-8-18(14-21(17)26(34)31(2)3)15-32-16-22(29-30-32)25-24(19-9-11-20(27)12-10-19)28-23-6-4-5-13-33(23)25/h4-14,16H,15H2,1-3H3. The summed E-state index contributed by atoms with van der Waals surface area (Å²) in [6, 6.07) is 19.4. The number of nitrogens with zero attached hydrogens (tertiary/aromatic N) is 6. The highest BCUT2D eigenvalue weighted by Crippen LogP contribution is 2.32. The fourth-order valence-electron chi connectivity index (χ4n) is 3.96. The Hall–Kier alpha value is -3.97. The van der Waals surface area contributed by atoms with Crippen molar-refractivity contribution >= 4 is 23.2 Å². The molecule has 7 nitrogen and oxygen atoms in total. The number of amides is 1. The second-order valence-corrected chi connectivity index (χ2v) is 8.83. The molecule has 1 amide bonds. The molecule has 0 saturated heterocycles. The van der Waals surface area contributed by atoms with Crippen molar-refractivity contribution in [2.45, 2.75) is 13.5 Å². The molecule has 0 unspecified atom stereocenters. The van der Waals surface area contributed by atoms with Crippen LogP contribution in [0, 0.1) is 6.92 Å². The molecule has 0 aliphatic heterocycles. The van der Waals surface area contributed by atoms with E-state index in [2.05, 4.69) is 10.3 Å². The van der Waals surface area contributed by atoms with Crippen LogP contribution in [-0.4, -0.2) is 49.3 Å². The van der Waals surface area contributed by atoms with E-state index in [-0.39, 0.29) is 5.91 Å². The van der Waals surface area contributed by atoms with Crippen molar-refractivity contribution in [3.05, 3.63) is 94.8 Å². The van der Waals surface area contributed by atoms with Crippen LogP contribution in [0.2, 0.25) is 5.02 Å². The van der Waals surface area contributed by atoms with Gasteiger partial charge in [-0.3, -0.25) is 9.20 Å². The normalized spacial score (nSPS) is 11.2. The highest BCUT2D eigenvalue weighted by molar-refractivity contribution is 6.30. The summed E-state index contributed by atoms with van der Waals surface area (Å²) < 4.78 is 3.79. The van der Waals surface area contributed by atoms with Crippen molar-refractivity contribution in [1.82, 2.24) is 29.3 Å². The molecule has 0 bridgehead atoms. The van der Waals surface area contributed by atoms with Crippen LogP contribution < -0.4 is 0 Å². The molecule has 3 aromatic heterocycles. The fourth-order valence-corrected chi connectivity index (χ4v) is 4.09. The van der Waals surface area contributed by atoms with Crippen LogP contribution in [-0.2, 0) is 6.54 Å². The number of hydrogen-bond acceptors (Lipinski definition) is 4. The predicted octanol–water partition coefficient (Wildman–Crippen LogP) is 4.97. The van der Waals surface area contributed by atoms with Gasteiger partial charge >= 0.3 is 0 Å². The number of aryl methyl sites for hydroxylation is 1. The number of fused-ring (bicyclic) bond motifs is 1. The molecule has 34 heavy (non-hydrogen) atoms. The SMILES string of the molecule is Cc1ccc(Cn2cc(-c3c(-c4ccc(Cl)cc4)nc4ccccn34)nn2)cc1C(=O)N(C)C. The highest BCUT2D eigenvalue weighted by atomic mass is 35.5. The number of aromatic nitrogens is 5. The Morgan fingerprint density at radius 3 is 2.62 bits per heavy atom. The van der Waals surface area contributed by atoms with E-state index in [4.69, 9.17) is 16.6 Å². The molecule has 0 spiro atoms. The fraction of sp³-hybridized carbons (Fsp3) is 0.154. The van der Waals surface area contributed by atoms with Crippen LogP contribution >= 0.6 is 11.6 Å². The maximum Gasteiger partial charge on any atom is 0.253 e. The minimum atomic E-state index is -0.0167. The molecular formula is C26H23ClN6O. The maximum absolute atomic E-state index is 12.5. The van der Waals surface area contributed by atoms with Gasteiger partial charge in [0.25, 0.3) is 5.91 Å². The third-order valence-electron chi connectivity index (χ3n) is 5.71. The number of imidazole rings is 1. The first-order valence-corrected chi connectivity index (χ1v) is 11.2. The maximum atomic E-state index is 12.5. The highest BCUT2D eigenvalue weighted by Gasteiger charge is 2.19. The summed E-state index contributed by atoms with van der Waals surface area (Å²) in [6.45, 7) is 2.44. The summed E-state index contributed by atoms with van der Waals surface area (Å²) in [5, 5.41) is 9.50. The Kier molecular flexibility index (Phi) is 5.63. The molecule has 0 aliphatic carbocycles. The van der Waals surface area contributed by atoms with Crippen molar-refractivity contribution < 1.29 is 4.79 Å². The lowest BCUT2D eigenvalue weighted by atomic mass is 10.0. The van der Waals surface area contributed by atoms with Gasteiger partial charge < -0.3 is 4.90 Å². The Balaban J connectivity index is 1.53. The van der Waals surface area contributed by atoms with Crippen molar-refractivity contribution in [3.8, 4) is 22.6 Å². The second kappa shape index (κ2) is 8.76. The average Bonchev–Trinajstić information content (AvgIpc) is 3.44. The Bertz CT molecular complexity index is 1500. The largest absolute Gasteiger partial charge is 0.345 e. The van der Waals surface area contributed by atoms with E-state index in [1.165, 1.54) is 0 Å². The zero-order valence-corrected chi connectivity index (χ0v) is 19.9. The van der Waals surface area contributed by atoms with Gasteiger partial charge in [0.05, 0.1) is 18.4 Å².